The summed E-state index contributed by atoms with van der Waals surface area (Å²) in [6.45, 7) is 5.31. The van der Waals surface area contributed by atoms with Gasteiger partial charge in [-0.15, -0.1) is 0 Å². The summed E-state index contributed by atoms with van der Waals surface area (Å²) >= 11 is 0. The zero-order valence-electron chi connectivity index (χ0n) is 12.1. The molecule has 1 aliphatic rings. The van der Waals surface area contributed by atoms with Gasteiger partial charge in [0.2, 0.25) is 10.0 Å². The molecule has 1 aliphatic carbocycles. The van der Waals surface area contributed by atoms with Crippen LogP contribution in [-0.4, -0.2) is 30.8 Å². The highest BCUT2D eigenvalue weighted by atomic mass is 32.2. The Morgan fingerprint density at radius 2 is 2.00 bits per heavy atom. The number of rotatable bonds is 5. The lowest BCUT2D eigenvalue weighted by Gasteiger charge is -2.31. The Balaban J connectivity index is 2.06. The molecule has 0 saturated heterocycles. The molecule has 1 fully saturated rings. The predicted octanol–water partition coefficient (Wildman–Crippen LogP) is 0.945. The van der Waals surface area contributed by atoms with Gasteiger partial charge in [0.05, 0.1) is 12.7 Å². The molecule has 0 radical (unpaired) electrons. The Labute approximate surface area is 120 Å². The molecule has 0 spiro atoms. The summed E-state index contributed by atoms with van der Waals surface area (Å²) in [5.74, 6) is 1.12. The average molecular weight is 300 g/mol. The Morgan fingerprint density at radius 1 is 1.35 bits per heavy atom. The molecule has 0 amide bonds. The lowest BCUT2D eigenvalue weighted by Crippen LogP contribution is -2.39. The average Bonchev–Trinajstić information content (AvgIpc) is 2.76. The van der Waals surface area contributed by atoms with Crippen molar-refractivity contribution in [1.82, 2.24) is 14.5 Å². The van der Waals surface area contributed by atoms with Crippen molar-refractivity contribution in [2.45, 2.75) is 50.6 Å². The van der Waals surface area contributed by atoms with Crippen molar-refractivity contribution in [2.24, 2.45) is 17.6 Å². The quantitative estimate of drug-likeness (QED) is 0.847. The van der Waals surface area contributed by atoms with Gasteiger partial charge in [-0.1, -0.05) is 13.8 Å². The molecule has 1 saturated carbocycles. The van der Waals surface area contributed by atoms with Crippen LogP contribution in [0.1, 0.15) is 33.1 Å². The SMILES string of the molecule is CC1CC(C)CC(NS(=O)(=O)c2cnn(CCN)c2)C1. The number of hydrogen-bond donors (Lipinski definition) is 2. The number of nitrogens with one attached hydrogen (secondary N) is 1. The van der Waals surface area contributed by atoms with E-state index in [9.17, 15) is 8.42 Å². The van der Waals surface area contributed by atoms with Crippen LogP contribution < -0.4 is 10.5 Å². The third-order valence-electron chi connectivity index (χ3n) is 3.78. The van der Waals surface area contributed by atoms with Gasteiger partial charge in [-0.3, -0.25) is 4.68 Å². The summed E-state index contributed by atoms with van der Waals surface area (Å²) in [7, 11) is -3.48. The van der Waals surface area contributed by atoms with Crippen molar-refractivity contribution in [1.29, 1.82) is 0 Å². The predicted molar refractivity (Wildman–Crippen MR) is 77.6 cm³/mol. The first-order valence-corrected chi connectivity index (χ1v) is 8.64. The lowest BCUT2D eigenvalue weighted by molar-refractivity contribution is 0.257. The van der Waals surface area contributed by atoms with Gasteiger partial charge in [0.15, 0.2) is 0 Å². The van der Waals surface area contributed by atoms with Crippen molar-refractivity contribution in [3.63, 3.8) is 0 Å². The first-order valence-electron chi connectivity index (χ1n) is 7.15. The first-order chi connectivity index (χ1) is 9.40. The summed E-state index contributed by atoms with van der Waals surface area (Å²) in [5, 5.41) is 4.01. The summed E-state index contributed by atoms with van der Waals surface area (Å²) in [6.07, 6.45) is 5.90. The minimum Gasteiger partial charge on any atom is -0.329 e. The van der Waals surface area contributed by atoms with Crippen LogP contribution in [0, 0.1) is 11.8 Å². The maximum absolute atomic E-state index is 12.3. The second kappa shape index (κ2) is 6.24. The second-order valence-electron chi connectivity index (χ2n) is 5.96. The van der Waals surface area contributed by atoms with Crippen LogP contribution in [0.5, 0.6) is 0 Å². The minimum absolute atomic E-state index is 0.0246. The maximum Gasteiger partial charge on any atom is 0.243 e. The zero-order chi connectivity index (χ0) is 14.8. The number of nitrogens with two attached hydrogens (primary N) is 1. The molecule has 1 aromatic heterocycles. The van der Waals surface area contributed by atoms with E-state index in [1.54, 1.807) is 4.68 Å². The van der Waals surface area contributed by atoms with E-state index in [0.29, 0.717) is 24.9 Å². The van der Waals surface area contributed by atoms with E-state index in [0.717, 1.165) is 12.8 Å². The third-order valence-corrected chi connectivity index (χ3v) is 5.25. The summed E-state index contributed by atoms with van der Waals surface area (Å²) in [6, 6.07) is 0.0246. The van der Waals surface area contributed by atoms with Crippen LogP contribution in [0.3, 0.4) is 0 Å². The van der Waals surface area contributed by atoms with E-state index < -0.39 is 10.0 Å². The molecule has 114 valence electrons. The standard InChI is InChI=1S/C13H24N4O2S/c1-10-5-11(2)7-12(6-10)16-20(18,19)13-8-15-17(9-13)4-3-14/h8-12,16H,3-7,14H2,1-2H3. The second-order valence-corrected chi connectivity index (χ2v) is 7.68. The van der Waals surface area contributed by atoms with Gasteiger partial charge in [-0.25, -0.2) is 13.1 Å². The highest BCUT2D eigenvalue weighted by molar-refractivity contribution is 7.89. The highest BCUT2D eigenvalue weighted by Crippen LogP contribution is 2.29. The Kier molecular flexibility index (Phi) is 4.82. The fraction of sp³-hybridized carbons (Fsp3) is 0.769. The molecule has 20 heavy (non-hydrogen) atoms. The molecule has 6 nitrogen and oxygen atoms in total. The van der Waals surface area contributed by atoms with E-state index in [2.05, 4.69) is 23.7 Å². The summed E-state index contributed by atoms with van der Waals surface area (Å²) in [4.78, 5) is 0.219. The number of sulfonamides is 1. The van der Waals surface area contributed by atoms with Crippen molar-refractivity contribution >= 4 is 10.0 Å². The van der Waals surface area contributed by atoms with Crippen molar-refractivity contribution in [3.05, 3.63) is 12.4 Å². The third kappa shape index (κ3) is 3.80. The van der Waals surface area contributed by atoms with Crippen molar-refractivity contribution < 1.29 is 8.42 Å². The summed E-state index contributed by atoms with van der Waals surface area (Å²) in [5.41, 5.74) is 5.43. The molecular formula is C13H24N4O2S. The number of hydrogen-bond acceptors (Lipinski definition) is 4. The van der Waals surface area contributed by atoms with Crippen LogP contribution in [0.25, 0.3) is 0 Å². The van der Waals surface area contributed by atoms with E-state index in [4.69, 9.17) is 5.73 Å². The van der Waals surface area contributed by atoms with Gasteiger partial charge in [-0.2, -0.15) is 5.10 Å². The monoisotopic (exact) mass is 300 g/mol. The van der Waals surface area contributed by atoms with E-state index in [-0.39, 0.29) is 10.9 Å². The molecule has 3 N–H and O–H groups in total. The number of aromatic nitrogens is 2. The molecule has 0 aromatic carbocycles. The van der Waals surface area contributed by atoms with Crippen LogP contribution in [0.2, 0.25) is 0 Å². The van der Waals surface area contributed by atoms with Gasteiger partial charge in [-0.05, 0) is 31.1 Å². The van der Waals surface area contributed by atoms with E-state index >= 15 is 0 Å². The number of nitrogens with zero attached hydrogens (tertiary/aromatic N) is 2. The first kappa shape index (κ1) is 15.5. The van der Waals surface area contributed by atoms with Crippen LogP contribution in [0.4, 0.5) is 0 Å². The van der Waals surface area contributed by atoms with Crippen LogP contribution >= 0.6 is 0 Å². The molecule has 2 rings (SSSR count). The topological polar surface area (TPSA) is 90.0 Å². The maximum atomic E-state index is 12.3. The highest BCUT2D eigenvalue weighted by Gasteiger charge is 2.28. The summed E-state index contributed by atoms with van der Waals surface area (Å²) < 4.78 is 29.0. The minimum atomic E-state index is -3.48. The van der Waals surface area contributed by atoms with Crippen LogP contribution in [0.15, 0.2) is 17.3 Å². The zero-order valence-corrected chi connectivity index (χ0v) is 12.9. The van der Waals surface area contributed by atoms with Crippen molar-refractivity contribution in [3.8, 4) is 0 Å². The van der Waals surface area contributed by atoms with Crippen molar-refractivity contribution in [2.75, 3.05) is 6.54 Å². The molecule has 1 aromatic rings. The largest absolute Gasteiger partial charge is 0.329 e. The Bertz CT molecular complexity index is 530. The lowest BCUT2D eigenvalue weighted by atomic mass is 9.81. The Hall–Kier alpha value is -0.920. The molecule has 2 unspecified atom stereocenters. The van der Waals surface area contributed by atoms with Gasteiger partial charge in [0, 0.05) is 18.8 Å². The van der Waals surface area contributed by atoms with E-state index in [1.165, 1.54) is 18.8 Å². The van der Waals surface area contributed by atoms with Gasteiger partial charge < -0.3 is 5.73 Å². The van der Waals surface area contributed by atoms with E-state index in [1.807, 2.05) is 0 Å². The normalized spacial score (nSPS) is 27.6. The fourth-order valence-electron chi connectivity index (χ4n) is 3.07. The van der Waals surface area contributed by atoms with Gasteiger partial charge >= 0.3 is 0 Å². The molecule has 7 heteroatoms. The van der Waals surface area contributed by atoms with Crippen LogP contribution in [-0.2, 0) is 16.6 Å². The fourth-order valence-corrected chi connectivity index (χ4v) is 4.28. The molecule has 0 aliphatic heterocycles. The smallest absolute Gasteiger partial charge is 0.243 e. The molecule has 0 bridgehead atoms. The molecular weight excluding hydrogens is 276 g/mol. The molecule has 1 heterocycles. The molecule has 2 atom stereocenters. The van der Waals surface area contributed by atoms with Gasteiger partial charge in [0.25, 0.3) is 0 Å². The Morgan fingerprint density at radius 3 is 2.60 bits per heavy atom. The van der Waals surface area contributed by atoms with Gasteiger partial charge in [0.1, 0.15) is 4.90 Å².